The lowest BCUT2D eigenvalue weighted by Gasteiger charge is -2.18. The van der Waals surface area contributed by atoms with Crippen LogP contribution >= 0.6 is 18.0 Å². The Morgan fingerprint density at radius 3 is 2.33 bits per heavy atom. The number of carboxylic acid groups (broad SMARTS) is 2. The number of aryl methyl sites for hydroxylation is 1. The van der Waals surface area contributed by atoms with E-state index in [1.165, 1.54) is 5.56 Å². The van der Waals surface area contributed by atoms with Crippen molar-refractivity contribution < 1.29 is 28.9 Å². The molecule has 0 aliphatic rings. The van der Waals surface area contributed by atoms with Gasteiger partial charge in [-0.15, -0.1) is 0 Å². The van der Waals surface area contributed by atoms with Crippen molar-refractivity contribution in [1.29, 1.82) is 0 Å². The molecule has 0 spiro atoms. The number of benzene rings is 1. The lowest BCUT2D eigenvalue weighted by Crippen LogP contribution is -2.19. The molecule has 0 heterocycles. The lowest BCUT2D eigenvalue weighted by atomic mass is 10.1. The van der Waals surface area contributed by atoms with Crippen molar-refractivity contribution in [3.63, 3.8) is 0 Å². The van der Waals surface area contributed by atoms with E-state index >= 15 is 0 Å². The fourth-order valence-corrected chi connectivity index (χ4v) is 5.84. The van der Waals surface area contributed by atoms with E-state index in [0.717, 1.165) is 12.8 Å². The molecule has 3 N–H and O–H groups in total. The van der Waals surface area contributed by atoms with E-state index in [9.17, 15) is 18.7 Å². The summed E-state index contributed by atoms with van der Waals surface area (Å²) in [5, 5.41) is 17.8. The zero-order chi connectivity index (χ0) is 18.0. The number of hydrogen-bond acceptors (Lipinski definition) is 5. The monoisotopic (exact) mass is 374 g/mol. The van der Waals surface area contributed by atoms with Crippen molar-refractivity contribution >= 4 is 29.9 Å². The van der Waals surface area contributed by atoms with E-state index in [4.69, 9.17) is 10.2 Å². The van der Waals surface area contributed by atoms with Gasteiger partial charge in [0.15, 0.2) is 6.34 Å². The fourth-order valence-electron chi connectivity index (χ4n) is 2.42. The van der Waals surface area contributed by atoms with Gasteiger partial charge in [-0.25, -0.2) is 0 Å². The molecule has 0 aromatic heterocycles. The summed E-state index contributed by atoms with van der Waals surface area (Å²) in [7, 11) is 0. The molecule has 0 aliphatic heterocycles. The minimum atomic E-state index is -3.09. The molecule has 0 bridgehead atoms. The van der Waals surface area contributed by atoms with Crippen molar-refractivity contribution in [3.8, 4) is 0 Å². The van der Waals surface area contributed by atoms with E-state index in [-0.39, 0.29) is 36.8 Å². The van der Waals surface area contributed by atoms with E-state index in [1.54, 1.807) is 0 Å². The molecule has 1 aromatic carbocycles. The van der Waals surface area contributed by atoms with Gasteiger partial charge in [-0.2, -0.15) is 0 Å². The van der Waals surface area contributed by atoms with Crippen LogP contribution in [0.5, 0.6) is 0 Å². The lowest BCUT2D eigenvalue weighted by molar-refractivity contribution is -0.142. The van der Waals surface area contributed by atoms with Crippen LogP contribution in [0.15, 0.2) is 30.3 Å². The largest absolute Gasteiger partial charge is 0.481 e. The van der Waals surface area contributed by atoms with Gasteiger partial charge in [0.1, 0.15) is 0 Å². The van der Waals surface area contributed by atoms with Crippen LogP contribution in [0.1, 0.15) is 31.2 Å². The highest BCUT2D eigenvalue weighted by Gasteiger charge is 2.31. The third-order valence-corrected chi connectivity index (χ3v) is 7.94. The third-order valence-electron chi connectivity index (χ3n) is 3.76. The van der Waals surface area contributed by atoms with Gasteiger partial charge < -0.3 is 19.3 Å². The maximum absolute atomic E-state index is 12.7. The van der Waals surface area contributed by atoms with Crippen molar-refractivity contribution in [2.75, 3.05) is 12.3 Å². The molecule has 0 fully saturated rings. The summed E-state index contributed by atoms with van der Waals surface area (Å²) in [6, 6.07) is 9.84. The average molecular weight is 374 g/mol. The molecule has 1 aromatic rings. The molecule has 0 saturated heterocycles. The van der Waals surface area contributed by atoms with Gasteiger partial charge in [0.05, 0.1) is 17.6 Å². The molecule has 134 valence electrons. The smallest absolute Gasteiger partial charge is 0.307 e. The Morgan fingerprint density at radius 2 is 1.79 bits per heavy atom. The first-order valence-corrected chi connectivity index (χ1v) is 11.2. The van der Waals surface area contributed by atoms with Crippen LogP contribution < -0.4 is 0 Å². The van der Waals surface area contributed by atoms with Crippen LogP contribution in [0.2, 0.25) is 0 Å². The van der Waals surface area contributed by atoms with E-state index in [1.807, 2.05) is 30.3 Å². The predicted octanol–water partition coefficient (Wildman–Crippen LogP) is 4.06. The summed E-state index contributed by atoms with van der Waals surface area (Å²) < 4.78 is 22.0. The van der Waals surface area contributed by atoms with E-state index in [0.29, 0.717) is 6.42 Å². The fraction of sp³-hybridized carbons (Fsp3) is 0.500. The van der Waals surface area contributed by atoms with Gasteiger partial charge >= 0.3 is 11.9 Å². The quantitative estimate of drug-likeness (QED) is 0.287. The van der Waals surface area contributed by atoms with Gasteiger partial charge in [0.2, 0.25) is 0 Å². The van der Waals surface area contributed by atoms with Crippen LogP contribution in [-0.4, -0.2) is 39.0 Å². The Morgan fingerprint density at radius 1 is 1.12 bits per heavy atom. The van der Waals surface area contributed by atoms with Gasteiger partial charge in [0, 0.05) is 18.7 Å². The highest BCUT2D eigenvalue weighted by atomic mass is 32.7. The van der Waals surface area contributed by atoms with Crippen molar-refractivity contribution in [2.24, 2.45) is 5.92 Å². The molecule has 2 unspecified atom stereocenters. The zero-order valence-corrected chi connectivity index (χ0v) is 15.0. The Bertz CT molecular complexity index is 577. The Balaban J connectivity index is 2.49. The Kier molecular flexibility index (Phi) is 9.11. The second-order valence-corrected chi connectivity index (χ2v) is 10.8. The van der Waals surface area contributed by atoms with Crippen LogP contribution in [-0.2, 0) is 20.6 Å². The van der Waals surface area contributed by atoms with E-state index < -0.39 is 24.2 Å². The van der Waals surface area contributed by atoms with E-state index in [2.05, 4.69) is 0 Å². The number of unbranched alkanes of at least 4 members (excludes halogenated alkanes) is 1. The van der Waals surface area contributed by atoms with Crippen LogP contribution in [0.4, 0.5) is 0 Å². The Hall–Kier alpha value is -1.30. The molecule has 2 atom stereocenters. The van der Waals surface area contributed by atoms with Gasteiger partial charge in [-0.3, -0.25) is 9.59 Å². The second-order valence-electron chi connectivity index (χ2n) is 5.71. The van der Waals surface area contributed by atoms with Crippen LogP contribution in [0.3, 0.4) is 0 Å². The summed E-state index contributed by atoms with van der Waals surface area (Å²) >= 11 is 0.243. The number of rotatable bonds is 12. The molecule has 0 radical (unpaired) electrons. The number of hydrogen-bond donors (Lipinski definition) is 3. The van der Waals surface area contributed by atoms with Gasteiger partial charge in [-0.05, 0) is 31.2 Å². The summed E-state index contributed by atoms with van der Waals surface area (Å²) in [5.41, 5.74) is 1.17. The highest BCUT2D eigenvalue weighted by molar-refractivity contribution is 8.55. The third kappa shape index (κ3) is 7.99. The summed E-state index contributed by atoms with van der Waals surface area (Å²) in [6.45, 7) is 0. The molecule has 6 nitrogen and oxygen atoms in total. The average Bonchev–Trinajstić information content (AvgIpc) is 2.56. The summed E-state index contributed by atoms with van der Waals surface area (Å²) in [4.78, 5) is 21.8. The second kappa shape index (κ2) is 10.5. The SMILES string of the molecule is O=C(O)CCC(CP(=O)(CCCCc1ccccc1)SO)C(=O)O. The van der Waals surface area contributed by atoms with Gasteiger partial charge in [0.25, 0.3) is 0 Å². The molecular formula is C16H23O6PS. The minimum Gasteiger partial charge on any atom is -0.481 e. The first-order valence-electron chi connectivity index (χ1n) is 7.76. The van der Waals surface area contributed by atoms with Crippen molar-refractivity contribution in [2.45, 2.75) is 32.1 Å². The molecule has 24 heavy (non-hydrogen) atoms. The topological polar surface area (TPSA) is 112 Å². The highest BCUT2D eigenvalue weighted by Crippen LogP contribution is 2.59. The zero-order valence-electron chi connectivity index (χ0n) is 13.3. The molecule has 0 saturated carbocycles. The van der Waals surface area contributed by atoms with Crippen LogP contribution in [0, 0.1) is 5.92 Å². The molecule has 0 amide bonds. The first-order chi connectivity index (χ1) is 11.4. The number of carbonyl (C=O) groups is 2. The normalized spacial score (nSPS) is 14.7. The standard InChI is InChI=1S/C16H23O6PS/c17-15(18)10-9-14(16(19)20)12-23(21,24-22)11-5-4-8-13-6-2-1-3-7-13/h1-3,6-7,14,22H,4-5,8-12H2,(H,17,18)(H,19,20). The molecule has 1 rings (SSSR count). The maximum Gasteiger partial charge on any atom is 0.307 e. The first kappa shape index (κ1) is 20.7. The predicted molar refractivity (Wildman–Crippen MR) is 94.9 cm³/mol. The maximum atomic E-state index is 12.7. The number of carboxylic acids is 2. The van der Waals surface area contributed by atoms with Crippen LogP contribution in [0.25, 0.3) is 0 Å². The summed E-state index contributed by atoms with van der Waals surface area (Å²) in [5.74, 6) is -3.27. The molecule has 8 heteroatoms. The summed E-state index contributed by atoms with van der Waals surface area (Å²) in [6.07, 6.45) is -1.16. The Labute approximate surface area is 145 Å². The molecular weight excluding hydrogens is 351 g/mol. The minimum absolute atomic E-state index is 0.0841. The number of aliphatic carboxylic acids is 2. The van der Waals surface area contributed by atoms with Crippen molar-refractivity contribution in [1.82, 2.24) is 0 Å². The van der Waals surface area contributed by atoms with Crippen molar-refractivity contribution in [3.05, 3.63) is 35.9 Å². The van der Waals surface area contributed by atoms with Gasteiger partial charge in [-0.1, -0.05) is 30.3 Å². The molecule has 0 aliphatic carbocycles.